The van der Waals surface area contributed by atoms with Crippen LogP contribution in [-0.2, 0) is 25.6 Å². The first kappa shape index (κ1) is 25.8. The smallest absolute Gasteiger partial charge is 0.338 e. The Morgan fingerprint density at radius 3 is 2.44 bits per heavy atom. The number of carbonyl (C=O) groups is 3. The normalized spacial score (nSPS) is 17.7. The van der Waals surface area contributed by atoms with Crippen LogP contribution in [0, 0.1) is 0 Å². The summed E-state index contributed by atoms with van der Waals surface area (Å²) < 4.78 is 12.7. The number of hydrogen-bond acceptors (Lipinski definition) is 6. The van der Waals surface area contributed by atoms with Gasteiger partial charge in [-0.25, -0.2) is 4.79 Å². The van der Waals surface area contributed by atoms with E-state index in [9.17, 15) is 14.4 Å². The number of morpholine rings is 1. The number of nitrogens with zero attached hydrogens (tertiary/aromatic N) is 2. The van der Waals surface area contributed by atoms with Gasteiger partial charge in [0.25, 0.3) is 0 Å². The van der Waals surface area contributed by atoms with Crippen molar-refractivity contribution >= 4 is 46.1 Å². The van der Waals surface area contributed by atoms with Crippen LogP contribution in [0.25, 0.3) is 10.9 Å². The van der Waals surface area contributed by atoms with E-state index < -0.39 is 5.97 Å². The van der Waals surface area contributed by atoms with Gasteiger partial charge in [0.1, 0.15) is 6.54 Å². The molecule has 0 radical (unpaired) electrons. The highest BCUT2D eigenvalue weighted by Crippen LogP contribution is 2.30. The maximum Gasteiger partial charge on any atom is 0.338 e. The molecule has 2 aromatic carbocycles. The summed E-state index contributed by atoms with van der Waals surface area (Å²) in [4.78, 5) is 40.2. The van der Waals surface area contributed by atoms with Crippen molar-refractivity contribution in [3.05, 3.63) is 60.3 Å². The van der Waals surface area contributed by atoms with Gasteiger partial charge in [-0.15, -0.1) is 11.8 Å². The van der Waals surface area contributed by atoms with E-state index in [1.807, 2.05) is 53.8 Å². The van der Waals surface area contributed by atoms with Gasteiger partial charge in [-0.2, -0.15) is 0 Å². The first-order chi connectivity index (χ1) is 17.3. The molecule has 1 aliphatic rings. The fourth-order valence-corrected chi connectivity index (χ4v) is 5.22. The average molecular weight is 510 g/mol. The summed E-state index contributed by atoms with van der Waals surface area (Å²) in [6.45, 7) is 7.44. The van der Waals surface area contributed by atoms with E-state index in [0.717, 1.165) is 15.8 Å². The van der Waals surface area contributed by atoms with Crippen molar-refractivity contribution in [2.45, 2.75) is 44.4 Å². The lowest BCUT2D eigenvalue weighted by atomic mass is 10.2. The summed E-state index contributed by atoms with van der Waals surface area (Å²) in [5.41, 5.74) is 2.00. The van der Waals surface area contributed by atoms with Crippen molar-refractivity contribution in [1.82, 2.24) is 9.47 Å². The maximum absolute atomic E-state index is 13.0. The lowest BCUT2D eigenvalue weighted by Crippen LogP contribution is -2.49. The molecule has 0 saturated carbocycles. The third-order valence-electron chi connectivity index (χ3n) is 5.87. The van der Waals surface area contributed by atoms with Gasteiger partial charge in [0.05, 0.1) is 30.1 Å². The minimum absolute atomic E-state index is 0.0186. The van der Waals surface area contributed by atoms with E-state index in [2.05, 4.69) is 5.32 Å². The second-order valence-corrected chi connectivity index (χ2v) is 9.85. The van der Waals surface area contributed by atoms with E-state index >= 15 is 0 Å². The number of esters is 1. The molecule has 9 heteroatoms. The number of thioether (sulfide) groups is 1. The maximum atomic E-state index is 13.0. The Bertz CT molecular complexity index is 1230. The number of hydrogen-bond donors (Lipinski definition) is 1. The minimum Gasteiger partial charge on any atom is -0.462 e. The van der Waals surface area contributed by atoms with Crippen molar-refractivity contribution in [3.8, 4) is 0 Å². The number of rotatable bonds is 8. The monoisotopic (exact) mass is 509 g/mol. The quantitative estimate of drug-likeness (QED) is 0.362. The lowest BCUT2D eigenvalue weighted by Gasteiger charge is -2.35. The molecule has 2 heterocycles. The summed E-state index contributed by atoms with van der Waals surface area (Å²) in [5, 5.41) is 3.86. The lowest BCUT2D eigenvalue weighted by molar-refractivity contribution is -0.143. The van der Waals surface area contributed by atoms with Gasteiger partial charge < -0.3 is 24.3 Å². The zero-order valence-electron chi connectivity index (χ0n) is 20.7. The first-order valence-corrected chi connectivity index (χ1v) is 13.0. The van der Waals surface area contributed by atoms with Crippen LogP contribution in [0.3, 0.4) is 0 Å². The van der Waals surface area contributed by atoms with Crippen molar-refractivity contribution in [2.24, 2.45) is 0 Å². The predicted molar refractivity (Wildman–Crippen MR) is 140 cm³/mol. The SMILES string of the molecule is CCOC(=O)c1ccc(NC(=O)CSc2cn(CC(=O)N3CC(C)OC(C)C3)c3ccccc23)cc1. The number of anilines is 1. The van der Waals surface area contributed by atoms with Gasteiger partial charge >= 0.3 is 5.97 Å². The molecule has 1 fully saturated rings. The average Bonchev–Trinajstić information content (AvgIpc) is 3.20. The largest absolute Gasteiger partial charge is 0.462 e. The van der Waals surface area contributed by atoms with Gasteiger partial charge in [-0.05, 0) is 51.1 Å². The number of ether oxygens (including phenoxy) is 2. The van der Waals surface area contributed by atoms with Crippen molar-refractivity contribution in [2.75, 3.05) is 30.8 Å². The van der Waals surface area contributed by atoms with Gasteiger partial charge in [0, 0.05) is 40.8 Å². The van der Waals surface area contributed by atoms with Crippen LogP contribution in [-0.4, -0.2) is 64.9 Å². The molecule has 4 rings (SSSR count). The van der Waals surface area contributed by atoms with E-state index in [0.29, 0.717) is 30.9 Å². The molecule has 0 spiro atoms. The summed E-state index contributed by atoms with van der Waals surface area (Å²) in [6.07, 6.45) is 1.98. The number of amides is 2. The fraction of sp³-hybridized carbons (Fsp3) is 0.370. The van der Waals surface area contributed by atoms with Gasteiger partial charge in [0.15, 0.2) is 0 Å². The highest BCUT2D eigenvalue weighted by atomic mass is 32.2. The standard InChI is InChI=1S/C27H31N3O5S/c1-4-34-27(33)20-9-11-21(12-10-20)28-25(31)17-36-24-15-29(23-8-6-5-7-22(23)24)16-26(32)30-13-18(2)35-19(3)14-30/h5-12,15,18-19H,4,13-14,16-17H2,1-3H3,(H,28,31). The molecule has 1 aromatic heterocycles. The van der Waals surface area contributed by atoms with Crippen LogP contribution >= 0.6 is 11.8 Å². The Balaban J connectivity index is 1.39. The van der Waals surface area contributed by atoms with E-state index in [1.54, 1.807) is 31.2 Å². The molecule has 0 bridgehead atoms. The molecule has 36 heavy (non-hydrogen) atoms. The topological polar surface area (TPSA) is 89.9 Å². The molecule has 2 unspecified atom stereocenters. The zero-order valence-corrected chi connectivity index (χ0v) is 21.5. The minimum atomic E-state index is -0.390. The Kier molecular flexibility index (Phi) is 8.32. The molecule has 2 atom stereocenters. The van der Waals surface area contributed by atoms with Gasteiger partial charge in [-0.1, -0.05) is 18.2 Å². The molecule has 8 nitrogen and oxygen atoms in total. The van der Waals surface area contributed by atoms with Crippen LogP contribution in [0.2, 0.25) is 0 Å². The Hall–Kier alpha value is -3.30. The first-order valence-electron chi connectivity index (χ1n) is 12.0. The summed E-state index contributed by atoms with van der Waals surface area (Å²) in [7, 11) is 0. The van der Waals surface area contributed by atoms with Crippen LogP contribution in [0.15, 0.2) is 59.6 Å². The van der Waals surface area contributed by atoms with Crippen molar-refractivity contribution < 1.29 is 23.9 Å². The highest BCUT2D eigenvalue weighted by molar-refractivity contribution is 8.00. The second-order valence-electron chi connectivity index (χ2n) is 8.83. The molecule has 3 aromatic rings. The molecule has 190 valence electrons. The van der Waals surface area contributed by atoms with E-state index in [-0.39, 0.29) is 36.3 Å². The van der Waals surface area contributed by atoms with Crippen LogP contribution in [0.5, 0.6) is 0 Å². The number of para-hydroxylation sites is 1. The second kappa shape index (κ2) is 11.6. The Labute approximate surface area is 214 Å². The number of nitrogens with one attached hydrogen (secondary N) is 1. The van der Waals surface area contributed by atoms with Gasteiger partial charge in [-0.3, -0.25) is 9.59 Å². The van der Waals surface area contributed by atoms with Gasteiger partial charge in [0.2, 0.25) is 11.8 Å². The predicted octanol–water partition coefficient (Wildman–Crippen LogP) is 4.18. The van der Waals surface area contributed by atoms with E-state index in [1.165, 1.54) is 11.8 Å². The molecular weight excluding hydrogens is 478 g/mol. The number of carbonyl (C=O) groups excluding carboxylic acids is 3. The molecule has 1 N–H and O–H groups in total. The highest BCUT2D eigenvalue weighted by Gasteiger charge is 2.26. The molecular formula is C27H31N3O5S. The Morgan fingerprint density at radius 2 is 1.75 bits per heavy atom. The molecule has 2 amide bonds. The molecule has 1 saturated heterocycles. The van der Waals surface area contributed by atoms with E-state index in [4.69, 9.17) is 9.47 Å². The third kappa shape index (κ3) is 6.27. The molecule has 1 aliphatic heterocycles. The van der Waals surface area contributed by atoms with Crippen LogP contribution in [0.4, 0.5) is 5.69 Å². The number of benzene rings is 2. The van der Waals surface area contributed by atoms with Crippen molar-refractivity contribution in [3.63, 3.8) is 0 Å². The van der Waals surface area contributed by atoms with Crippen LogP contribution in [0.1, 0.15) is 31.1 Å². The van der Waals surface area contributed by atoms with Crippen molar-refractivity contribution in [1.29, 1.82) is 0 Å². The molecule has 0 aliphatic carbocycles. The summed E-state index contributed by atoms with van der Waals surface area (Å²) in [6, 6.07) is 14.5. The van der Waals surface area contributed by atoms with Crippen LogP contribution < -0.4 is 5.32 Å². The summed E-state index contributed by atoms with van der Waals surface area (Å²) in [5.74, 6) is -0.287. The number of aromatic nitrogens is 1. The fourth-order valence-electron chi connectivity index (χ4n) is 4.33. The summed E-state index contributed by atoms with van der Waals surface area (Å²) >= 11 is 1.42. The number of fused-ring (bicyclic) bond motifs is 1. The zero-order chi connectivity index (χ0) is 25.7. The Morgan fingerprint density at radius 1 is 1.06 bits per heavy atom. The third-order valence-corrected chi connectivity index (χ3v) is 6.91.